The van der Waals surface area contributed by atoms with Crippen LogP contribution in [-0.2, 0) is 9.59 Å². The van der Waals surface area contributed by atoms with Crippen LogP contribution in [0.3, 0.4) is 0 Å². The molecule has 1 aliphatic heterocycles. The van der Waals surface area contributed by atoms with Crippen molar-refractivity contribution in [1.29, 1.82) is 0 Å². The Morgan fingerprint density at radius 1 is 0.706 bits per heavy atom. The minimum absolute atomic E-state index is 0.287. The van der Waals surface area contributed by atoms with Crippen molar-refractivity contribution in [2.45, 2.75) is 19.8 Å². The molecule has 0 bridgehead atoms. The smallest absolute Gasteiger partial charge is 0.254 e. The molecule has 5 N–H and O–H groups in total. The van der Waals surface area contributed by atoms with Gasteiger partial charge in [0.15, 0.2) is 11.5 Å². The quantitative estimate of drug-likeness (QED) is 0.361. The second-order valence-corrected chi connectivity index (χ2v) is 8.02. The number of aromatic hydroxyl groups is 2. The third-order valence-corrected chi connectivity index (χ3v) is 5.65. The van der Waals surface area contributed by atoms with E-state index in [0.717, 1.165) is 0 Å². The molecule has 0 fully saturated rings. The lowest BCUT2D eigenvalue weighted by Gasteiger charge is -2.31. The molecule has 7 heteroatoms. The standard InChI is InChI=1S/C27H25N3O4/c1-16-23(26(33)29-19-9-5-3-6-10-19)25(18-13-14-21(31)22(32)15-18)24(17(2)28-16)27(34)30-20-11-7-4-8-12-20/h3-15,25,28,31-32H,1-2H3,(H,29,33)(H,30,34). The average Bonchev–Trinajstić information content (AvgIpc) is 2.81. The van der Waals surface area contributed by atoms with E-state index < -0.39 is 5.92 Å². The number of hydrogen-bond acceptors (Lipinski definition) is 5. The summed E-state index contributed by atoms with van der Waals surface area (Å²) in [5.74, 6) is -2.18. The molecule has 1 heterocycles. The molecule has 0 unspecified atom stereocenters. The number of carbonyl (C=O) groups is 2. The van der Waals surface area contributed by atoms with E-state index in [0.29, 0.717) is 39.5 Å². The molecular formula is C27H25N3O4. The first-order valence-corrected chi connectivity index (χ1v) is 10.8. The monoisotopic (exact) mass is 455 g/mol. The van der Waals surface area contributed by atoms with Crippen LogP contribution in [0.1, 0.15) is 25.3 Å². The summed E-state index contributed by atoms with van der Waals surface area (Å²) in [6, 6.07) is 22.4. The number of carbonyl (C=O) groups excluding carboxylic acids is 2. The molecule has 172 valence electrons. The number of benzene rings is 3. The van der Waals surface area contributed by atoms with Crippen LogP contribution >= 0.6 is 0 Å². The predicted molar refractivity (Wildman–Crippen MR) is 131 cm³/mol. The third kappa shape index (κ3) is 4.63. The summed E-state index contributed by atoms with van der Waals surface area (Å²) in [6.45, 7) is 3.53. The van der Waals surface area contributed by atoms with Crippen LogP contribution in [0.15, 0.2) is 101 Å². The molecule has 0 radical (unpaired) electrons. The van der Waals surface area contributed by atoms with E-state index in [1.54, 1.807) is 44.2 Å². The Kier molecular flexibility index (Phi) is 6.36. The van der Waals surface area contributed by atoms with Crippen molar-refractivity contribution in [3.05, 3.63) is 107 Å². The van der Waals surface area contributed by atoms with Crippen LogP contribution < -0.4 is 16.0 Å². The van der Waals surface area contributed by atoms with E-state index in [1.165, 1.54) is 12.1 Å². The van der Waals surface area contributed by atoms with Crippen molar-refractivity contribution in [2.24, 2.45) is 0 Å². The summed E-state index contributed by atoms with van der Waals surface area (Å²) in [4.78, 5) is 26.9. The number of rotatable bonds is 5. The fourth-order valence-corrected chi connectivity index (χ4v) is 4.09. The van der Waals surface area contributed by atoms with Crippen LogP contribution in [0.2, 0.25) is 0 Å². The van der Waals surface area contributed by atoms with E-state index in [2.05, 4.69) is 16.0 Å². The Bertz CT molecular complexity index is 1220. The molecule has 2 amide bonds. The maximum Gasteiger partial charge on any atom is 0.254 e. The Hall–Kier alpha value is -4.52. The normalized spacial score (nSPS) is 13.9. The van der Waals surface area contributed by atoms with Gasteiger partial charge in [-0.3, -0.25) is 9.59 Å². The maximum atomic E-state index is 13.5. The van der Waals surface area contributed by atoms with Crippen LogP contribution in [0.5, 0.6) is 11.5 Å². The number of para-hydroxylation sites is 2. The predicted octanol–water partition coefficient (Wildman–Crippen LogP) is 4.61. The summed E-state index contributed by atoms with van der Waals surface area (Å²) in [7, 11) is 0. The second kappa shape index (κ2) is 9.54. The summed E-state index contributed by atoms with van der Waals surface area (Å²) >= 11 is 0. The van der Waals surface area contributed by atoms with E-state index >= 15 is 0 Å². The molecule has 3 aromatic rings. The fraction of sp³-hybridized carbons (Fsp3) is 0.111. The van der Waals surface area contributed by atoms with Gasteiger partial charge in [0.25, 0.3) is 11.8 Å². The highest BCUT2D eigenvalue weighted by atomic mass is 16.3. The second-order valence-electron chi connectivity index (χ2n) is 8.02. The van der Waals surface area contributed by atoms with Crippen LogP contribution in [0, 0.1) is 0 Å². The minimum atomic E-state index is -0.792. The molecule has 0 atom stereocenters. The van der Waals surface area contributed by atoms with E-state index in [9.17, 15) is 19.8 Å². The van der Waals surface area contributed by atoms with Gasteiger partial charge in [-0.1, -0.05) is 42.5 Å². The van der Waals surface area contributed by atoms with Crippen molar-refractivity contribution in [1.82, 2.24) is 5.32 Å². The van der Waals surface area contributed by atoms with Crippen LogP contribution in [0.25, 0.3) is 0 Å². The van der Waals surface area contributed by atoms with Gasteiger partial charge in [-0.15, -0.1) is 0 Å². The number of hydrogen-bond donors (Lipinski definition) is 5. The van der Waals surface area contributed by atoms with Gasteiger partial charge in [0, 0.05) is 39.8 Å². The highest BCUT2D eigenvalue weighted by Crippen LogP contribution is 2.41. The number of amides is 2. The van der Waals surface area contributed by atoms with E-state index in [1.807, 2.05) is 36.4 Å². The fourth-order valence-electron chi connectivity index (χ4n) is 4.09. The Morgan fingerprint density at radius 3 is 1.62 bits per heavy atom. The van der Waals surface area contributed by atoms with Crippen LogP contribution in [0.4, 0.5) is 11.4 Å². The van der Waals surface area contributed by atoms with Crippen molar-refractivity contribution >= 4 is 23.2 Å². The van der Waals surface area contributed by atoms with Gasteiger partial charge in [-0.2, -0.15) is 0 Å². The first-order chi connectivity index (χ1) is 16.3. The lowest BCUT2D eigenvalue weighted by molar-refractivity contribution is -0.113. The summed E-state index contributed by atoms with van der Waals surface area (Å²) < 4.78 is 0. The van der Waals surface area contributed by atoms with Gasteiger partial charge >= 0.3 is 0 Å². The SMILES string of the molecule is CC1=C(C(=O)Nc2ccccc2)C(c2ccc(O)c(O)c2)C(C(=O)Nc2ccccc2)=C(C)N1. The zero-order valence-electron chi connectivity index (χ0n) is 18.8. The molecule has 1 aliphatic rings. The zero-order chi connectivity index (χ0) is 24.2. The van der Waals surface area contributed by atoms with Gasteiger partial charge in [0.1, 0.15) is 0 Å². The molecule has 0 saturated heterocycles. The minimum Gasteiger partial charge on any atom is -0.504 e. The number of anilines is 2. The van der Waals surface area contributed by atoms with Crippen molar-refractivity contribution in [3.63, 3.8) is 0 Å². The van der Waals surface area contributed by atoms with Gasteiger partial charge < -0.3 is 26.2 Å². The molecule has 3 aromatic carbocycles. The molecule has 0 saturated carbocycles. The zero-order valence-corrected chi connectivity index (χ0v) is 18.8. The van der Waals surface area contributed by atoms with Crippen molar-refractivity contribution in [3.8, 4) is 11.5 Å². The highest BCUT2D eigenvalue weighted by Gasteiger charge is 2.37. The highest BCUT2D eigenvalue weighted by molar-refractivity contribution is 6.11. The van der Waals surface area contributed by atoms with Gasteiger partial charge in [-0.05, 0) is 55.8 Å². The maximum absolute atomic E-state index is 13.5. The molecule has 0 aromatic heterocycles. The number of phenols is 2. The Morgan fingerprint density at radius 2 is 1.18 bits per heavy atom. The summed E-state index contributed by atoms with van der Waals surface area (Å²) in [5.41, 5.74) is 3.55. The summed E-state index contributed by atoms with van der Waals surface area (Å²) in [6.07, 6.45) is 0. The summed E-state index contributed by atoms with van der Waals surface area (Å²) in [5, 5.41) is 29.0. The molecule has 7 nitrogen and oxygen atoms in total. The third-order valence-electron chi connectivity index (χ3n) is 5.65. The lowest BCUT2D eigenvalue weighted by atomic mass is 9.79. The average molecular weight is 456 g/mol. The number of dihydropyridines is 1. The van der Waals surface area contributed by atoms with Crippen LogP contribution in [-0.4, -0.2) is 22.0 Å². The van der Waals surface area contributed by atoms with Gasteiger partial charge in [0.05, 0.1) is 0 Å². The number of nitrogens with one attached hydrogen (secondary N) is 3. The Labute approximate surface area is 197 Å². The van der Waals surface area contributed by atoms with Gasteiger partial charge in [0.2, 0.25) is 0 Å². The molecule has 4 rings (SSSR count). The topological polar surface area (TPSA) is 111 Å². The molecule has 34 heavy (non-hydrogen) atoms. The first kappa shape index (κ1) is 22.7. The largest absolute Gasteiger partial charge is 0.504 e. The molecule has 0 aliphatic carbocycles. The number of phenolic OH excluding ortho intramolecular Hbond substituents is 2. The Balaban J connectivity index is 1.79. The van der Waals surface area contributed by atoms with E-state index in [4.69, 9.17) is 0 Å². The van der Waals surface area contributed by atoms with E-state index in [-0.39, 0.29) is 23.3 Å². The molecular weight excluding hydrogens is 430 g/mol. The molecule has 0 spiro atoms. The van der Waals surface area contributed by atoms with Crippen molar-refractivity contribution < 1.29 is 19.8 Å². The first-order valence-electron chi connectivity index (χ1n) is 10.8. The number of allylic oxidation sites excluding steroid dienone is 2. The lowest BCUT2D eigenvalue weighted by Crippen LogP contribution is -2.35. The van der Waals surface area contributed by atoms with Crippen molar-refractivity contribution in [2.75, 3.05) is 10.6 Å². The van der Waals surface area contributed by atoms with Gasteiger partial charge in [-0.25, -0.2) is 0 Å².